The van der Waals surface area contributed by atoms with Crippen molar-refractivity contribution >= 4 is 27.8 Å². The molecule has 1 fully saturated rings. The van der Waals surface area contributed by atoms with E-state index in [1.54, 1.807) is 18.2 Å². The first kappa shape index (κ1) is 14.0. The van der Waals surface area contributed by atoms with Crippen LogP contribution in [0, 0.1) is 6.92 Å². The molecule has 0 aliphatic carbocycles. The molecule has 0 spiro atoms. The van der Waals surface area contributed by atoms with E-state index in [1.807, 2.05) is 6.92 Å². The van der Waals surface area contributed by atoms with Crippen molar-refractivity contribution in [3.63, 3.8) is 0 Å². The Balaban J connectivity index is 2.30. The molecule has 0 aromatic heterocycles. The van der Waals surface area contributed by atoms with Gasteiger partial charge in [-0.1, -0.05) is 6.07 Å². The van der Waals surface area contributed by atoms with Crippen molar-refractivity contribution in [1.82, 2.24) is 4.90 Å². The quantitative estimate of drug-likeness (QED) is 0.861. The maximum atomic E-state index is 12.4. The lowest BCUT2D eigenvalue weighted by molar-refractivity contribution is -0.141. The summed E-state index contributed by atoms with van der Waals surface area (Å²) in [6.07, 6.45) is -0.709. The highest BCUT2D eigenvalue weighted by Gasteiger charge is 2.39. The van der Waals surface area contributed by atoms with Gasteiger partial charge in [0.15, 0.2) is 0 Å². The van der Waals surface area contributed by atoms with Gasteiger partial charge in [0.25, 0.3) is 5.91 Å². The largest absolute Gasteiger partial charge is 0.480 e. The van der Waals surface area contributed by atoms with Crippen LogP contribution >= 0.6 is 15.9 Å². The summed E-state index contributed by atoms with van der Waals surface area (Å²) in [4.78, 5) is 24.7. The van der Waals surface area contributed by atoms with Crippen molar-refractivity contribution in [3.8, 4) is 0 Å². The third kappa shape index (κ3) is 2.79. The summed E-state index contributed by atoms with van der Waals surface area (Å²) in [6.45, 7) is 1.95. The number of likely N-dealkylation sites (tertiary alicyclic amines) is 1. The monoisotopic (exact) mass is 327 g/mol. The minimum absolute atomic E-state index is 0.0517. The van der Waals surface area contributed by atoms with Gasteiger partial charge in [-0.2, -0.15) is 0 Å². The second-order valence-corrected chi connectivity index (χ2v) is 5.54. The summed E-state index contributed by atoms with van der Waals surface area (Å²) in [7, 11) is 0. The first-order valence-corrected chi connectivity index (χ1v) is 6.67. The SMILES string of the molecule is Cc1ccc(C(=O)N2C[C@@H](O)C[C@H]2C(=O)O)c(Br)c1. The average Bonchev–Trinajstić information content (AvgIpc) is 2.70. The summed E-state index contributed by atoms with van der Waals surface area (Å²) in [5.41, 5.74) is 1.41. The molecule has 2 N–H and O–H groups in total. The molecule has 0 radical (unpaired) electrons. The van der Waals surface area contributed by atoms with E-state index in [-0.39, 0.29) is 18.9 Å². The molecule has 1 heterocycles. The van der Waals surface area contributed by atoms with Gasteiger partial charge < -0.3 is 15.1 Å². The maximum Gasteiger partial charge on any atom is 0.326 e. The van der Waals surface area contributed by atoms with Crippen LogP contribution in [0.5, 0.6) is 0 Å². The molecule has 19 heavy (non-hydrogen) atoms. The van der Waals surface area contributed by atoms with E-state index < -0.39 is 18.1 Å². The smallest absolute Gasteiger partial charge is 0.326 e. The number of β-amino-alcohol motifs (C(OH)–C–C–N with tert-alkyl or cyclic N) is 1. The number of aliphatic hydroxyl groups is 1. The Morgan fingerprint density at radius 2 is 2.11 bits per heavy atom. The Labute approximate surface area is 119 Å². The number of halogens is 1. The number of aliphatic carboxylic acids is 1. The molecule has 2 rings (SSSR count). The van der Waals surface area contributed by atoms with Crippen molar-refractivity contribution in [1.29, 1.82) is 0 Å². The Morgan fingerprint density at radius 3 is 2.68 bits per heavy atom. The fourth-order valence-electron chi connectivity index (χ4n) is 2.22. The second-order valence-electron chi connectivity index (χ2n) is 4.68. The highest BCUT2D eigenvalue weighted by molar-refractivity contribution is 9.10. The topological polar surface area (TPSA) is 77.8 Å². The number of benzene rings is 1. The van der Waals surface area contributed by atoms with E-state index in [0.29, 0.717) is 10.0 Å². The molecule has 2 atom stereocenters. The Kier molecular flexibility index (Phi) is 3.91. The molecule has 0 bridgehead atoms. The van der Waals surface area contributed by atoms with Gasteiger partial charge in [-0.15, -0.1) is 0 Å². The van der Waals surface area contributed by atoms with Crippen molar-refractivity contribution in [2.75, 3.05) is 6.54 Å². The Hall–Kier alpha value is -1.40. The minimum Gasteiger partial charge on any atom is -0.480 e. The zero-order valence-electron chi connectivity index (χ0n) is 10.3. The molecule has 1 saturated heterocycles. The molecule has 1 aliphatic heterocycles. The van der Waals surface area contributed by atoms with Crippen LogP contribution in [0.25, 0.3) is 0 Å². The number of carboxylic acid groups (broad SMARTS) is 1. The zero-order valence-corrected chi connectivity index (χ0v) is 11.9. The number of hydrogen-bond donors (Lipinski definition) is 2. The van der Waals surface area contributed by atoms with E-state index in [0.717, 1.165) is 5.56 Å². The Bertz CT molecular complexity index is 531. The molecule has 102 valence electrons. The predicted molar refractivity (Wildman–Crippen MR) is 72.0 cm³/mol. The van der Waals surface area contributed by atoms with Crippen LogP contribution in [0.1, 0.15) is 22.3 Å². The van der Waals surface area contributed by atoms with E-state index in [9.17, 15) is 14.7 Å². The fraction of sp³-hybridized carbons (Fsp3) is 0.385. The molecular formula is C13H14BrNO4. The molecular weight excluding hydrogens is 314 g/mol. The number of carbonyl (C=O) groups excluding carboxylic acids is 1. The number of rotatable bonds is 2. The predicted octanol–water partition coefficient (Wildman–Crippen LogP) is 1.42. The molecule has 5 nitrogen and oxygen atoms in total. The van der Waals surface area contributed by atoms with E-state index in [2.05, 4.69) is 15.9 Å². The fourth-order valence-corrected chi connectivity index (χ4v) is 2.88. The highest BCUT2D eigenvalue weighted by Crippen LogP contribution is 2.25. The van der Waals surface area contributed by atoms with Crippen LogP contribution in [0.15, 0.2) is 22.7 Å². The average molecular weight is 328 g/mol. The lowest BCUT2D eigenvalue weighted by Gasteiger charge is -2.21. The molecule has 6 heteroatoms. The van der Waals surface area contributed by atoms with Crippen LogP contribution in [0.4, 0.5) is 0 Å². The van der Waals surface area contributed by atoms with Gasteiger partial charge >= 0.3 is 5.97 Å². The van der Waals surface area contributed by atoms with Crippen molar-refractivity contribution < 1.29 is 19.8 Å². The lowest BCUT2D eigenvalue weighted by Crippen LogP contribution is -2.40. The lowest BCUT2D eigenvalue weighted by atomic mass is 10.1. The molecule has 0 saturated carbocycles. The Morgan fingerprint density at radius 1 is 1.42 bits per heavy atom. The van der Waals surface area contributed by atoms with Gasteiger partial charge in [0.2, 0.25) is 0 Å². The number of carboxylic acids is 1. The van der Waals surface area contributed by atoms with Gasteiger partial charge in [0, 0.05) is 17.4 Å². The minimum atomic E-state index is -1.09. The normalized spacial score (nSPS) is 22.6. The van der Waals surface area contributed by atoms with Crippen molar-refractivity contribution in [3.05, 3.63) is 33.8 Å². The van der Waals surface area contributed by atoms with E-state index in [4.69, 9.17) is 5.11 Å². The van der Waals surface area contributed by atoms with Crippen LogP contribution in [0.3, 0.4) is 0 Å². The van der Waals surface area contributed by atoms with Gasteiger partial charge in [-0.25, -0.2) is 4.79 Å². The van der Waals surface area contributed by atoms with Crippen LogP contribution in [-0.2, 0) is 4.79 Å². The number of aliphatic hydroxyl groups excluding tert-OH is 1. The third-order valence-electron chi connectivity index (χ3n) is 3.18. The summed E-state index contributed by atoms with van der Waals surface area (Å²) in [5.74, 6) is -1.47. The van der Waals surface area contributed by atoms with Gasteiger partial charge in [-0.3, -0.25) is 4.79 Å². The summed E-state index contributed by atoms with van der Waals surface area (Å²) >= 11 is 3.31. The number of amides is 1. The maximum absolute atomic E-state index is 12.4. The first-order chi connectivity index (χ1) is 8.90. The zero-order chi connectivity index (χ0) is 14.2. The standard InChI is InChI=1S/C13H14BrNO4/c1-7-2-3-9(10(14)4-7)12(17)15-6-8(16)5-11(15)13(18)19/h2-4,8,11,16H,5-6H2,1H3,(H,18,19)/t8-,11-/m0/s1. The molecule has 0 unspecified atom stereocenters. The second kappa shape index (κ2) is 5.30. The molecule has 1 aromatic carbocycles. The van der Waals surface area contributed by atoms with E-state index >= 15 is 0 Å². The molecule has 1 aromatic rings. The number of aryl methyl sites for hydroxylation is 1. The number of nitrogens with zero attached hydrogens (tertiary/aromatic N) is 1. The summed E-state index contributed by atoms with van der Waals surface area (Å²) < 4.78 is 0.628. The van der Waals surface area contributed by atoms with Crippen molar-refractivity contribution in [2.45, 2.75) is 25.5 Å². The van der Waals surface area contributed by atoms with Crippen LogP contribution in [-0.4, -0.2) is 45.7 Å². The number of hydrogen-bond acceptors (Lipinski definition) is 3. The summed E-state index contributed by atoms with van der Waals surface area (Å²) in [5, 5.41) is 18.7. The van der Waals surface area contributed by atoms with Crippen molar-refractivity contribution in [2.24, 2.45) is 0 Å². The van der Waals surface area contributed by atoms with Gasteiger partial charge in [-0.05, 0) is 40.5 Å². The van der Waals surface area contributed by atoms with Gasteiger partial charge in [0.05, 0.1) is 11.7 Å². The number of carbonyl (C=O) groups is 2. The van der Waals surface area contributed by atoms with E-state index in [1.165, 1.54) is 4.90 Å². The molecule has 1 aliphatic rings. The molecule has 1 amide bonds. The van der Waals surface area contributed by atoms with Crippen LogP contribution in [0.2, 0.25) is 0 Å². The first-order valence-electron chi connectivity index (χ1n) is 5.88. The van der Waals surface area contributed by atoms with Crippen LogP contribution < -0.4 is 0 Å². The third-order valence-corrected chi connectivity index (χ3v) is 3.84. The summed E-state index contributed by atoms with van der Waals surface area (Å²) in [6, 6.07) is 4.29. The van der Waals surface area contributed by atoms with Gasteiger partial charge in [0.1, 0.15) is 6.04 Å². The highest BCUT2D eigenvalue weighted by atomic mass is 79.9.